The molecule has 2 aromatic carbocycles. The van der Waals surface area contributed by atoms with Crippen LogP contribution >= 0.6 is 0 Å². The minimum Gasteiger partial charge on any atom is -0.454 e. The maximum absolute atomic E-state index is 13.5. The first kappa shape index (κ1) is 17.4. The first-order valence-corrected chi connectivity index (χ1v) is 9.16. The Labute approximate surface area is 166 Å². The summed E-state index contributed by atoms with van der Waals surface area (Å²) in [4.78, 5) is 39.4. The third kappa shape index (κ3) is 2.25. The first-order valence-electron chi connectivity index (χ1n) is 9.16. The highest BCUT2D eigenvalue weighted by molar-refractivity contribution is 6.25. The molecule has 0 fully saturated rings. The molecule has 2 aromatic rings. The van der Waals surface area contributed by atoms with Crippen molar-refractivity contribution >= 4 is 29.1 Å². The lowest BCUT2D eigenvalue weighted by Gasteiger charge is -2.30. The van der Waals surface area contributed by atoms with Crippen LogP contribution in [-0.2, 0) is 19.9 Å². The molecule has 1 spiro atoms. The molecule has 3 amide bonds. The molecule has 0 unspecified atom stereocenters. The molecule has 3 aliphatic rings. The lowest BCUT2D eigenvalue weighted by atomic mass is 9.85. The molecule has 29 heavy (non-hydrogen) atoms. The number of amides is 3. The fraction of sp³-hybridized carbons (Fsp3) is 0.238. The molecule has 3 heterocycles. The summed E-state index contributed by atoms with van der Waals surface area (Å²) in [7, 11) is 0. The van der Waals surface area contributed by atoms with E-state index in [-0.39, 0.29) is 19.1 Å². The van der Waals surface area contributed by atoms with Crippen LogP contribution in [0.1, 0.15) is 31.4 Å². The van der Waals surface area contributed by atoms with E-state index in [1.165, 1.54) is 18.9 Å². The Morgan fingerprint density at radius 2 is 1.79 bits per heavy atom. The lowest BCUT2D eigenvalue weighted by Crippen LogP contribution is -2.51. The lowest BCUT2D eigenvalue weighted by molar-refractivity contribution is -0.144. The number of nitrogens with zero attached hydrogens (tertiary/aromatic N) is 3. The molecule has 5 rings (SSSR count). The SMILES string of the molecule is CC(=O)N1C(=O)[C@@]2(CC(c3ccc4c(c3)OCO4)=NN2C(C)=O)c2ccccc21. The molecule has 8 nitrogen and oxygen atoms in total. The monoisotopic (exact) mass is 391 g/mol. The quantitative estimate of drug-likeness (QED) is 0.743. The summed E-state index contributed by atoms with van der Waals surface area (Å²) in [5, 5.41) is 5.71. The van der Waals surface area contributed by atoms with Crippen LogP contribution < -0.4 is 14.4 Å². The van der Waals surface area contributed by atoms with Gasteiger partial charge in [0.25, 0.3) is 5.91 Å². The van der Waals surface area contributed by atoms with Crippen LogP contribution in [0.5, 0.6) is 11.5 Å². The Morgan fingerprint density at radius 3 is 2.55 bits per heavy atom. The van der Waals surface area contributed by atoms with E-state index in [1.807, 2.05) is 6.07 Å². The van der Waals surface area contributed by atoms with Crippen molar-refractivity contribution in [2.45, 2.75) is 25.8 Å². The predicted octanol–water partition coefficient (Wildman–Crippen LogP) is 2.16. The second-order valence-electron chi connectivity index (χ2n) is 7.16. The van der Waals surface area contributed by atoms with Gasteiger partial charge in [-0.3, -0.25) is 14.4 Å². The molecule has 0 aliphatic carbocycles. The van der Waals surface area contributed by atoms with E-state index < -0.39 is 17.4 Å². The van der Waals surface area contributed by atoms with Gasteiger partial charge in [-0.15, -0.1) is 0 Å². The van der Waals surface area contributed by atoms with Gasteiger partial charge in [0.05, 0.1) is 11.4 Å². The van der Waals surface area contributed by atoms with Crippen molar-refractivity contribution in [3.05, 3.63) is 53.6 Å². The molecule has 8 heteroatoms. The number of benzene rings is 2. The zero-order valence-corrected chi connectivity index (χ0v) is 15.8. The number of hydrazone groups is 1. The smallest absolute Gasteiger partial charge is 0.266 e. The number of rotatable bonds is 1. The molecular formula is C21H17N3O5. The highest BCUT2D eigenvalue weighted by Crippen LogP contribution is 2.50. The van der Waals surface area contributed by atoms with Gasteiger partial charge in [-0.2, -0.15) is 5.10 Å². The summed E-state index contributed by atoms with van der Waals surface area (Å²) in [6.07, 6.45) is 0.159. The highest BCUT2D eigenvalue weighted by atomic mass is 16.7. The van der Waals surface area contributed by atoms with Crippen LogP contribution in [0, 0.1) is 0 Å². The zero-order valence-electron chi connectivity index (χ0n) is 15.8. The molecule has 0 N–H and O–H groups in total. The summed E-state index contributed by atoms with van der Waals surface area (Å²) in [6, 6.07) is 12.4. The van der Waals surface area contributed by atoms with Crippen LogP contribution in [0.15, 0.2) is 47.6 Å². The molecule has 0 bridgehead atoms. The molecule has 0 saturated carbocycles. The Hall–Kier alpha value is -3.68. The maximum atomic E-state index is 13.5. The van der Waals surface area contributed by atoms with Crippen LogP contribution in [0.4, 0.5) is 5.69 Å². The van der Waals surface area contributed by atoms with Crippen LogP contribution in [0.2, 0.25) is 0 Å². The van der Waals surface area contributed by atoms with E-state index >= 15 is 0 Å². The van der Waals surface area contributed by atoms with Gasteiger partial charge in [0, 0.05) is 31.4 Å². The first-order chi connectivity index (χ1) is 13.9. The number of hydrogen-bond acceptors (Lipinski definition) is 6. The topological polar surface area (TPSA) is 88.5 Å². The van der Waals surface area contributed by atoms with Gasteiger partial charge in [0.15, 0.2) is 17.0 Å². The van der Waals surface area contributed by atoms with Crippen molar-refractivity contribution in [2.75, 3.05) is 11.7 Å². The summed E-state index contributed by atoms with van der Waals surface area (Å²) in [5.41, 5.74) is 0.990. The fourth-order valence-electron chi connectivity index (χ4n) is 4.25. The number of carbonyl (C=O) groups excluding carboxylic acids is 3. The van der Waals surface area contributed by atoms with E-state index in [2.05, 4.69) is 5.10 Å². The predicted molar refractivity (Wildman–Crippen MR) is 103 cm³/mol. The zero-order chi connectivity index (χ0) is 20.3. The minimum absolute atomic E-state index is 0.147. The number of ether oxygens (including phenoxy) is 2. The molecule has 146 valence electrons. The molecule has 0 aromatic heterocycles. The normalized spacial score (nSPS) is 21.6. The van der Waals surface area contributed by atoms with Crippen molar-refractivity contribution in [3.63, 3.8) is 0 Å². The van der Waals surface area contributed by atoms with Crippen molar-refractivity contribution < 1.29 is 23.9 Å². The van der Waals surface area contributed by atoms with E-state index in [9.17, 15) is 14.4 Å². The second kappa shape index (κ2) is 5.91. The number of hydrogen-bond donors (Lipinski definition) is 0. The van der Waals surface area contributed by atoms with Crippen LogP contribution in [-0.4, -0.2) is 35.2 Å². The fourth-order valence-corrected chi connectivity index (χ4v) is 4.25. The highest BCUT2D eigenvalue weighted by Gasteiger charge is 2.60. The van der Waals surface area contributed by atoms with Crippen molar-refractivity contribution in [1.29, 1.82) is 0 Å². The number of anilines is 1. The van der Waals surface area contributed by atoms with E-state index in [4.69, 9.17) is 9.47 Å². The number of para-hydroxylation sites is 1. The molecule has 0 saturated heterocycles. The number of imide groups is 1. The average Bonchev–Trinajstić information content (AvgIpc) is 3.38. The van der Waals surface area contributed by atoms with Crippen molar-refractivity contribution in [3.8, 4) is 11.5 Å². The summed E-state index contributed by atoms with van der Waals surface area (Å²) in [6.45, 7) is 2.84. The molecule has 1 atom stereocenters. The molecule has 0 radical (unpaired) electrons. The van der Waals surface area contributed by atoms with Gasteiger partial charge in [-0.25, -0.2) is 9.91 Å². The Bertz CT molecular complexity index is 1130. The van der Waals surface area contributed by atoms with Gasteiger partial charge < -0.3 is 9.47 Å². The molecule has 3 aliphatic heterocycles. The summed E-state index contributed by atoms with van der Waals surface area (Å²) >= 11 is 0. The maximum Gasteiger partial charge on any atom is 0.266 e. The van der Waals surface area contributed by atoms with Gasteiger partial charge in [0.2, 0.25) is 18.6 Å². The number of fused-ring (bicyclic) bond motifs is 3. The van der Waals surface area contributed by atoms with E-state index in [0.29, 0.717) is 28.5 Å². The van der Waals surface area contributed by atoms with Crippen LogP contribution in [0.3, 0.4) is 0 Å². The van der Waals surface area contributed by atoms with Gasteiger partial charge in [-0.05, 0) is 24.3 Å². The van der Waals surface area contributed by atoms with Crippen LogP contribution in [0.25, 0.3) is 0 Å². The van der Waals surface area contributed by atoms with Crippen molar-refractivity contribution in [2.24, 2.45) is 5.10 Å². The molecular weight excluding hydrogens is 374 g/mol. The number of carbonyl (C=O) groups is 3. The van der Waals surface area contributed by atoms with Gasteiger partial charge in [-0.1, -0.05) is 18.2 Å². The van der Waals surface area contributed by atoms with E-state index in [1.54, 1.807) is 36.4 Å². The second-order valence-corrected chi connectivity index (χ2v) is 7.16. The minimum atomic E-state index is -1.38. The largest absolute Gasteiger partial charge is 0.454 e. The third-order valence-corrected chi connectivity index (χ3v) is 5.47. The average molecular weight is 391 g/mol. The third-order valence-electron chi connectivity index (χ3n) is 5.47. The van der Waals surface area contributed by atoms with Gasteiger partial charge >= 0.3 is 0 Å². The standard InChI is InChI=1S/C21H17N3O5/c1-12(25)23-17-6-4-3-5-15(17)21(20(23)27)10-16(22-24(21)13(2)26)14-7-8-18-19(9-14)29-11-28-18/h3-9H,10-11H2,1-2H3/t21-/m1/s1. The summed E-state index contributed by atoms with van der Waals surface area (Å²) < 4.78 is 10.8. The Balaban J connectivity index is 1.65. The Morgan fingerprint density at radius 1 is 1.03 bits per heavy atom. The Kier molecular flexibility index (Phi) is 3.55. The van der Waals surface area contributed by atoms with E-state index in [0.717, 1.165) is 10.5 Å². The summed E-state index contributed by atoms with van der Waals surface area (Å²) in [5.74, 6) is -0.0332. The van der Waals surface area contributed by atoms with Gasteiger partial charge in [0.1, 0.15) is 0 Å². The van der Waals surface area contributed by atoms with Crippen molar-refractivity contribution in [1.82, 2.24) is 5.01 Å².